The van der Waals surface area contributed by atoms with Crippen molar-refractivity contribution in [2.24, 2.45) is 0 Å². The molecule has 4 aromatic rings. The van der Waals surface area contributed by atoms with Gasteiger partial charge in [0.05, 0.1) is 0 Å². The predicted octanol–water partition coefficient (Wildman–Crippen LogP) is 6.18. The van der Waals surface area contributed by atoms with Gasteiger partial charge in [0, 0.05) is 0 Å². The maximum absolute atomic E-state index is 3.65. The summed E-state index contributed by atoms with van der Waals surface area (Å²) < 4.78 is 0. The van der Waals surface area contributed by atoms with Crippen LogP contribution in [0.25, 0.3) is 32.3 Å². The van der Waals surface area contributed by atoms with E-state index in [4.69, 9.17) is 0 Å². The van der Waals surface area contributed by atoms with E-state index >= 15 is 0 Å². The Labute approximate surface area is 131 Å². The summed E-state index contributed by atoms with van der Waals surface area (Å²) >= 11 is 0. The number of fused-ring (bicyclic) bond motifs is 4. The third kappa shape index (κ3) is 1.77. The first kappa shape index (κ1) is 13.3. The summed E-state index contributed by atoms with van der Waals surface area (Å²) in [5, 5.41) is 7.85. The molecule has 0 aliphatic heterocycles. The van der Waals surface area contributed by atoms with Crippen LogP contribution in [-0.4, -0.2) is 0 Å². The fourth-order valence-corrected chi connectivity index (χ4v) is 3.59. The molecule has 0 atom stereocenters. The molecule has 4 aromatic carbocycles. The molecule has 107 valence electrons. The predicted molar refractivity (Wildman–Crippen MR) is 96.7 cm³/mol. The van der Waals surface area contributed by atoms with Crippen LogP contribution in [0.15, 0.2) is 42.5 Å². The van der Waals surface area contributed by atoms with Gasteiger partial charge in [0.15, 0.2) is 0 Å². The average molecular weight is 283 g/mol. The zero-order valence-corrected chi connectivity index (χ0v) is 13.5. The van der Waals surface area contributed by atoms with Gasteiger partial charge >= 0.3 is 0 Å². The quantitative estimate of drug-likeness (QED) is 0.267. The summed E-state index contributed by atoms with van der Waals surface area (Å²) in [4.78, 5) is 0. The van der Waals surface area contributed by atoms with E-state index in [0.29, 0.717) is 0 Å². The van der Waals surface area contributed by atoms with E-state index in [0.717, 1.165) is 0 Å². The van der Waals surface area contributed by atoms with Gasteiger partial charge in [-0.1, -0.05) is 30.3 Å². The number of hydrogen-bond acceptors (Lipinski definition) is 0. The first-order valence-electron chi connectivity index (χ1n) is 7.81. The average Bonchev–Trinajstić information content (AvgIpc) is 2.51. The van der Waals surface area contributed by atoms with Gasteiger partial charge in [-0.3, -0.25) is 0 Å². The number of rotatable bonds is 0. The molecule has 0 unspecified atom stereocenters. The van der Waals surface area contributed by atoms with E-state index in [2.05, 4.69) is 76.2 Å². The van der Waals surface area contributed by atoms with Crippen LogP contribution < -0.4 is 0 Å². The van der Waals surface area contributed by atoms with Gasteiger partial charge in [-0.25, -0.2) is 0 Å². The second-order valence-corrected chi connectivity index (χ2v) is 6.36. The van der Waals surface area contributed by atoms with Crippen LogP contribution in [0.1, 0.15) is 22.3 Å². The third-order valence-corrected chi connectivity index (χ3v) is 5.02. The lowest BCUT2D eigenvalue weighted by molar-refractivity contribution is 1.29. The molecule has 0 fully saturated rings. The lowest BCUT2D eigenvalue weighted by Gasteiger charge is -2.15. The van der Waals surface area contributed by atoms with Crippen molar-refractivity contribution in [1.82, 2.24) is 0 Å². The minimum atomic E-state index is 1.25. The Balaban J connectivity index is 2.29. The lowest BCUT2D eigenvalue weighted by atomic mass is 9.89. The summed E-state index contributed by atoms with van der Waals surface area (Å²) in [6.07, 6.45) is 0. The highest BCUT2D eigenvalue weighted by Gasteiger charge is 2.11. The van der Waals surface area contributed by atoms with Crippen LogP contribution in [0.4, 0.5) is 0 Å². The molecular weight excluding hydrogens is 264 g/mol. The van der Waals surface area contributed by atoms with Crippen molar-refractivity contribution in [1.29, 1.82) is 0 Å². The highest BCUT2D eigenvalue weighted by atomic mass is 14.1. The summed E-state index contributed by atoms with van der Waals surface area (Å²) in [6.45, 7) is 8.81. The van der Waals surface area contributed by atoms with Gasteiger partial charge in [-0.15, -0.1) is 0 Å². The standard InChI is InChI=1S/C22H19/c1-13-10-21-20-12-18-8-6-5-7-17(18)11-19(20)9-14(2)22(21)16(4)15(13)3/h5-9,11-12H,1-4H3. The molecule has 0 nitrogen and oxygen atoms in total. The fourth-order valence-electron chi connectivity index (χ4n) is 3.59. The monoisotopic (exact) mass is 283 g/mol. The maximum atomic E-state index is 3.65. The first-order chi connectivity index (χ1) is 10.6. The molecule has 22 heavy (non-hydrogen) atoms. The van der Waals surface area contributed by atoms with Gasteiger partial charge in [-0.05, 0) is 100 Å². The van der Waals surface area contributed by atoms with Crippen molar-refractivity contribution >= 4 is 32.3 Å². The smallest absolute Gasteiger partial charge is 0.00181 e. The van der Waals surface area contributed by atoms with E-state index in [-0.39, 0.29) is 0 Å². The summed E-state index contributed by atoms with van der Waals surface area (Å²) in [6, 6.07) is 19.2. The molecule has 1 radical (unpaired) electrons. The van der Waals surface area contributed by atoms with Crippen molar-refractivity contribution in [2.75, 3.05) is 0 Å². The number of benzene rings is 4. The van der Waals surface area contributed by atoms with Crippen molar-refractivity contribution < 1.29 is 0 Å². The number of hydrogen-bond donors (Lipinski definition) is 0. The topological polar surface area (TPSA) is 0 Å². The summed E-state index contributed by atoms with van der Waals surface area (Å²) in [7, 11) is 0. The van der Waals surface area contributed by atoms with Crippen molar-refractivity contribution in [3.05, 3.63) is 70.8 Å². The van der Waals surface area contributed by atoms with Gasteiger partial charge < -0.3 is 0 Å². The molecule has 0 saturated carbocycles. The molecule has 4 rings (SSSR count). The minimum absolute atomic E-state index is 1.25. The summed E-state index contributed by atoms with van der Waals surface area (Å²) in [5.41, 5.74) is 5.34. The molecule has 0 bridgehead atoms. The Kier molecular flexibility index (Phi) is 2.77. The molecule has 0 N–H and O–H groups in total. The van der Waals surface area contributed by atoms with Crippen LogP contribution in [-0.2, 0) is 0 Å². The summed E-state index contributed by atoms with van der Waals surface area (Å²) in [5.74, 6) is 0. The Morgan fingerprint density at radius 2 is 1.41 bits per heavy atom. The lowest BCUT2D eigenvalue weighted by Crippen LogP contribution is -1.93. The molecule has 0 spiro atoms. The first-order valence-corrected chi connectivity index (χ1v) is 7.81. The third-order valence-electron chi connectivity index (χ3n) is 5.02. The maximum Gasteiger partial charge on any atom is -0.00181 e. The molecular formula is C22H19. The van der Waals surface area contributed by atoms with Crippen LogP contribution in [0, 0.1) is 33.8 Å². The molecule has 0 aliphatic rings. The van der Waals surface area contributed by atoms with Crippen LogP contribution in [0.3, 0.4) is 0 Å². The van der Waals surface area contributed by atoms with E-state index in [1.165, 1.54) is 54.6 Å². The molecule has 0 heteroatoms. The zero-order chi connectivity index (χ0) is 15.4. The molecule has 0 heterocycles. The Morgan fingerprint density at radius 3 is 2.14 bits per heavy atom. The Morgan fingerprint density at radius 1 is 0.727 bits per heavy atom. The van der Waals surface area contributed by atoms with Gasteiger partial charge in [-0.2, -0.15) is 0 Å². The molecule has 0 saturated heterocycles. The second kappa shape index (κ2) is 4.58. The van der Waals surface area contributed by atoms with Crippen molar-refractivity contribution in [3.63, 3.8) is 0 Å². The minimum Gasteiger partial charge on any atom is -0.0616 e. The SMILES string of the molecule is Cc1[c]c2c(c(C)cc3cc4ccccc4cc32)c(C)c1C. The van der Waals surface area contributed by atoms with E-state index in [9.17, 15) is 0 Å². The molecule has 0 amide bonds. The number of aryl methyl sites for hydroxylation is 3. The Hall–Kier alpha value is -2.34. The van der Waals surface area contributed by atoms with Gasteiger partial charge in [0.1, 0.15) is 0 Å². The largest absolute Gasteiger partial charge is 0.0616 e. The van der Waals surface area contributed by atoms with Crippen molar-refractivity contribution in [2.45, 2.75) is 27.7 Å². The molecule has 0 aliphatic carbocycles. The second-order valence-electron chi connectivity index (χ2n) is 6.36. The zero-order valence-electron chi connectivity index (χ0n) is 13.5. The van der Waals surface area contributed by atoms with Crippen LogP contribution in [0.5, 0.6) is 0 Å². The van der Waals surface area contributed by atoms with E-state index in [1.54, 1.807) is 0 Å². The normalized spacial score (nSPS) is 11.6. The highest BCUT2D eigenvalue weighted by molar-refractivity contribution is 6.14. The van der Waals surface area contributed by atoms with E-state index < -0.39 is 0 Å². The highest BCUT2D eigenvalue weighted by Crippen LogP contribution is 2.35. The van der Waals surface area contributed by atoms with Crippen LogP contribution in [0.2, 0.25) is 0 Å². The fraction of sp³-hybridized carbons (Fsp3) is 0.182. The van der Waals surface area contributed by atoms with Gasteiger partial charge in [0.25, 0.3) is 0 Å². The van der Waals surface area contributed by atoms with E-state index in [1.807, 2.05) is 0 Å². The molecule has 0 aromatic heterocycles. The van der Waals surface area contributed by atoms with Gasteiger partial charge in [0.2, 0.25) is 0 Å². The van der Waals surface area contributed by atoms with Crippen LogP contribution >= 0.6 is 0 Å². The Bertz CT molecular complexity index is 1050. The van der Waals surface area contributed by atoms with Crippen molar-refractivity contribution in [3.8, 4) is 0 Å².